The first kappa shape index (κ1) is 29.9. The monoisotopic (exact) mass is 649 g/mol. The van der Waals surface area contributed by atoms with Crippen LogP contribution >= 0.6 is 0 Å². The third-order valence-electron chi connectivity index (χ3n) is 9.06. The quantitative estimate of drug-likeness (QED) is 0.138. The lowest BCUT2D eigenvalue weighted by Gasteiger charge is -2.26. The van der Waals surface area contributed by atoms with Crippen LogP contribution in [0.15, 0.2) is 110 Å². The van der Waals surface area contributed by atoms with Crippen molar-refractivity contribution in [1.29, 1.82) is 0 Å². The molecule has 0 N–H and O–H groups in total. The van der Waals surface area contributed by atoms with Crippen LogP contribution in [0.4, 0.5) is 0 Å². The van der Waals surface area contributed by atoms with Crippen LogP contribution in [0.25, 0.3) is 39.0 Å². The molecule has 0 aliphatic rings. The van der Waals surface area contributed by atoms with Crippen molar-refractivity contribution in [3.8, 4) is 28.7 Å². The van der Waals surface area contributed by atoms with E-state index in [1.54, 1.807) is 21.5 Å². The van der Waals surface area contributed by atoms with Crippen LogP contribution in [0.1, 0.15) is 81.7 Å². The van der Waals surface area contributed by atoms with Crippen LogP contribution in [0.5, 0.6) is 11.5 Å². The molecule has 7 aromatic rings. The number of para-hydroxylation sites is 1. The maximum Gasteiger partial charge on any atom is 0.268 e. The molecule has 7 rings (SSSR count). The van der Waals surface area contributed by atoms with Crippen molar-refractivity contribution in [3.05, 3.63) is 133 Å². The number of rotatable bonds is 5. The molecule has 0 atom stereocenters. The molecule has 0 amide bonds. The standard InChI is InChI=1S/C43H45N5O/c1-41(2,3)29-16-17-45-40(23-29)48-38-13-11-10-12-36(38)37-15-14-34(25-39(37)48)49-35-24-33(26-44-27-35)47-19-18-46(28-47)32-21-30(42(4,5)6)20-31(22-32)43(7,8)9/h10-27H,1-9H3/i18D,19D. The third-order valence-corrected chi connectivity index (χ3v) is 9.06. The molecule has 0 saturated carbocycles. The Morgan fingerprint density at radius 2 is 1.39 bits per heavy atom. The van der Waals surface area contributed by atoms with Gasteiger partial charge in [-0.2, -0.15) is 0 Å². The van der Waals surface area contributed by atoms with Gasteiger partial charge in [0.05, 0.1) is 31.3 Å². The van der Waals surface area contributed by atoms with Crippen molar-refractivity contribution in [1.82, 2.24) is 19.1 Å². The maximum atomic E-state index is 8.91. The summed E-state index contributed by atoms with van der Waals surface area (Å²) in [7, 11) is 0. The van der Waals surface area contributed by atoms with E-state index in [4.69, 9.17) is 12.5 Å². The fourth-order valence-electron chi connectivity index (χ4n) is 6.09. The van der Waals surface area contributed by atoms with Gasteiger partial charge in [-0.3, -0.25) is 18.7 Å². The molecule has 3 aromatic carbocycles. The summed E-state index contributed by atoms with van der Waals surface area (Å²) < 4.78 is 29.6. The Labute approximate surface area is 292 Å². The van der Waals surface area contributed by atoms with Crippen molar-refractivity contribution in [3.63, 3.8) is 0 Å². The molecule has 0 spiro atoms. The Bertz CT molecular complexity index is 2400. The van der Waals surface area contributed by atoms with Gasteiger partial charge in [0.2, 0.25) is 0 Å². The van der Waals surface area contributed by atoms with Gasteiger partial charge in [0, 0.05) is 41.6 Å². The van der Waals surface area contributed by atoms with Gasteiger partial charge >= 0.3 is 0 Å². The summed E-state index contributed by atoms with van der Waals surface area (Å²) in [6.45, 7) is 19.7. The largest absolute Gasteiger partial charge is 0.456 e. The van der Waals surface area contributed by atoms with Gasteiger partial charge in [-0.05, 0) is 81.5 Å². The minimum absolute atomic E-state index is 0.00310. The number of benzene rings is 3. The molecular formula is C43H45N5O. The molecule has 0 saturated heterocycles. The van der Waals surface area contributed by atoms with Crippen LogP contribution in [-0.2, 0) is 16.2 Å². The van der Waals surface area contributed by atoms with Gasteiger partial charge in [0.25, 0.3) is 6.33 Å². The van der Waals surface area contributed by atoms with E-state index in [9.17, 15) is 0 Å². The number of nitrogens with zero attached hydrogens (tertiary/aromatic N) is 5. The van der Waals surface area contributed by atoms with E-state index < -0.39 is 0 Å². The Balaban J connectivity index is 1.27. The summed E-state index contributed by atoms with van der Waals surface area (Å²) in [5.41, 5.74) is 6.75. The highest BCUT2D eigenvalue weighted by Gasteiger charge is 2.22. The molecule has 4 heterocycles. The average molecular weight is 650 g/mol. The smallest absolute Gasteiger partial charge is 0.268 e. The van der Waals surface area contributed by atoms with Crippen LogP contribution in [0.2, 0.25) is 0 Å². The Morgan fingerprint density at radius 3 is 2.10 bits per heavy atom. The van der Waals surface area contributed by atoms with E-state index >= 15 is 0 Å². The zero-order valence-corrected chi connectivity index (χ0v) is 29.9. The minimum Gasteiger partial charge on any atom is -0.456 e. The molecule has 0 unspecified atom stereocenters. The molecule has 0 radical (unpaired) electrons. The fraction of sp³-hybridized carbons (Fsp3) is 0.279. The fourth-order valence-corrected chi connectivity index (χ4v) is 6.09. The SMILES string of the molecule is [2H]c1c([2H])[n+](-c2cc(C(C)(C)C)cc(C(C)(C)C)c2)[c-]n1-c1cncc(Oc2ccc3c4ccccc4n(-c4cc(C(C)(C)C)ccn4)c3c2)c1. The lowest BCUT2D eigenvalue weighted by Crippen LogP contribution is -2.30. The average Bonchev–Trinajstić information content (AvgIpc) is 3.56. The van der Waals surface area contributed by atoms with Crippen molar-refractivity contribution < 1.29 is 12.0 Å². The molecule has 248 valence electrons. The zero-order valence-electron chi connectivity index (χ0n) is 31.9. The van der Waals surface area contributed by atoms with E-state index in [1.165, 1.54) is 5.56 Å². The summed E-state index contributed by atoms with van der Waals surface area (Å²) in [5, 5.41) is 2.24. The molecular weight excluding hydrogens is 603 g/mol. The second kappa shape index (κ2) is 11.7. The zero-order chi connectivity index (χ0) is 36.5. The normalized spacial score (nSPS) is 13.2. The van der Waals surface area contributed by atoms with Crippen molar-refractivity contribution >= 4 is 21.8 Å². The van der Waals surface area contributed by atoms with Crippen LogP contribution in [0, 0.1) is 6.33 Å². The molecule has 6 heteroatoms. The van der Waals surface area contributed by atoms with Crippen LogP contribution in [0.3, 0.4) is 0 Å². The third kappa shape index (κ3) is 6.35. The minimum atomic E-state index is -0.0922. The number of imidazole rings is 1. The van der Waals surface area contributed by atoms with Gasteiger partial charge in [-0.15, -0.1) is 0 Å². The molecule has 6 nitrogen and oxygen atoms in total. The summed E-state index contributed by atoms with van der Waals surface area (Å²) in [6.07, 6.45) is 8.50. The Morgan fingerprint density at radius 1 is 0.694 bits per heavy atom. The van der Waals surface area contributed by atoms with Gasteiger partial charge in [-0.25, -0.2) is 4.98 Å². The van der Waals surface area contributed by atoms with Crippen molar-refractivity contribution in [2.45, 2.75) is 78.6 Å². The highest BCUT2D eigenvalue weighted by molar-refractivity contribution is 6.09. The molecule has 0 aliphatic heterocycles. The van der Waals surface area contributed by atoms with Gasteiger partial charge in [-0.1, -0.05) is 86.6 Å². The summed E-state index contributed by atoms with van der Waals surface area (Å²) >= 11 is 0. The van der Waals surface area contributed by atoms with Gasteiger partial charge in [0.1, 0.15) is 17.3 Å². The lowest BCUT2D eigenvalue weighted by atomic mass is 9.80. The van der Waals surface area contributed by atoms with E-state index in [0.717, 1.165) is 44.4 Å². The Hall–Kier alpha value is -5.23. The highest BCUT2D eigenvalue weighted by Crippen LogP contribution is 2.36. The first-order valence-corrected chi connectivity index (χ1v) is 16.8. The maximum absolute atomic E-state index is 8.91. The predicted molar refractivity (Wildman–Crippen MR) is 199 cm³/mol. The number of pyridine rings is 2. The number of hydrogen-bond donors (Lipinski definition) is 0. The molecule has 0 aliphatic carbocycles. The summed E-state index contributed by atoms with van der Waals surface area (Å²) in [4.78, 5) is 9.26. The number of aromatic nitrogens is 5. The number of fused-ring (bicyclic) bond motifs is 3. The number of ether oxygens (including phenoxy) is 1. The predicted octanol–water partition coefficient (Wildman–Crippen LogP) is 10.1. The summed E-state index contributed by atoms with van der Waals surface area (Å²) in [5.74, 6) is 2.00. The van der Waals surface area contributed by atoms with E-state index in [1.807, 2.05) is 24.4 Å². The van der Waals surface area contributed by atoms with Crippen LogP contribution in [-0.4, -0.2) is 19.1 Å². The van der Waals surface area contributed by atoms with E-state index in [0.29, 0.717) is 17.2 Å². The second-order valence-electron chi connectivity index (χ2n) is 15.9. The van der Waals surface area contributed by atoms with Crippen LogP contribution < -0.4 is 9.30 Å². The number of hydrogen-bond acceptors (Lipinski definition) is 3. The highest BCUT2D eigenvalue weighted by atomic mass is 16.5. The van der Waals surface area contributed by atoms with E-state index in [2.05, 4.69) is 139 Å². The van der Waals surface area contributed by atoms with Gasteiger partial charge in [0.15, 0.2) is 0 Å². The van der Waals surface area contributed by atoms with Gasteiger partial charge < -0.3 is 4.74 Å². The second-order valence-corrected chi connectivity index (χ2v) is 15.9. The van der Waals surface area contributed by atoms with E-state index in [-0.39, 0.29) is 28.6 Å². The molecule has 4 aromatic heterocycles. The molecule has 0 fully saturated rings. The molecule has 0 bridgehead atoms. The molecule has 49 heavy (non-hydrogen) atoms. The van der Waals surface area contributed by atoms with Crippen molar-refractivity contribution in [2.24, 2.45) is 0 Å². The van der Waals surface area contributed by atoms with Crippen molar-refractivity contribution in [2.75, 3.05) is 0 Å². The topological polar surface area (TPSA) is 48.8 Å². The Kier molecular flexibility index (Phi) is 7.15. The first-order chi connectivity index (χ1) is 24.0. The lowest BCUT2D eigenvalue weighted by molar-refractivity contribution is -0.599. The first-order valence-electron chi connectivity index (χ1n) is 17.8. The summed E-state index contributed by atoms with van der Waals surface area (Å²) in [6, 6.07) is 26.9.